The van der Waals surface area contributed by atoms with Crippen molar-refractivity contribution in [1.82, 2.24) is 0 Å². The van der Waals surface area contributed by atoms with Crippen molar-refractivity contribution in [3.05, 3.63) is 28.2 Å². The molecule has 0 atom stereocenters. The molecule has 1 aliphatic rings. The number of rotatable bonds is 1. The third-order valence-electron chi connectivity index (χ3n) is 2.88. The normalized spacial score (nSPS) is 17.9. The molecule has 0 aliphatic carbocycles. The second kappa shape index (κ2) is 4.67. The molecule has 88 valence electrons. The number of anilines is 1. The van der Waals surface area contributed by atoms with Crippen LogP contribution in [0.5, 0.6) is 0 Å². The van der Waals surface area contributed by atoms with Crippen LogP contribution in [0.2, 0.25) is 0 Å². The Morgan fingerprint density at radius 2 is 1.88 bits per heavy atom. The maximum atomic E-state index is 13.8. The standard InChI is InChI=1S/C11H13BrF2N2/c12-8-1-2-9(13)11(10(8)14)16-5-3-7(15)4-6-16/h1-2,7H,3-6,15H2. The highest BCUT2D eigenvalue weighted by atomic mass is 79.9. The molecule has 1 aliphatic heterocycles. The van der Waals surface area contributed by atoms with Gasteiger partial charge in [-0.05, 0) is 40.9 Å². The average molecular weight is 291 g/mol. The lowest BCUT2D eigenvalue weighted by Gasteiger charge is -2.32. The Morgan fingerprint density at radius 1 is 1.25 bits per heavy atom. The summed E-state index contributed by atoms with van der Waals surface area (Å²) >= 11 is 3.07. The van der Waals surface area contributed by atoms with E-state index in [2.05, 4.69) is 15.9 Å². The van der Waals surface area contributed by atoms with Gasteiger partial charge in [0.05, 0.1) is 4.47 Å². The summed E-state index contributed by atoms with van der Waals surface area (Å²) in [6.07, 6.45) is 1.54. The van der Waals surface area contributed by atoms with Gasteiger partial charge in [0.15, 0.2) is 5.82 Å². The summed E-state index contributed by atoms with van der Waals surface area (Å²) < 4.78 is 27.7. The van der Waals surface area contributed by atoms with Crippen molar-refractivity contribution in [2.24, 2.45) is 5.73 Å². The molecule has 2 N–H and O–H groups in total. The molecule has 2 nitrogen and oxygen atoms in total. The van der Waals surface area contributed by atoms with Crippen LogP contribution < -0.4 is 10.6 Å². The molecule has 0 spiro atoms. The van der Waals surface area contributed by atoms with Crippen LogP contribution in [0, 0.1) is 11.6 Å². The summed E-state index contributed by atoms with van der Waals surface area (Å²) in [6.45, 7) is 1.21. The number of benzene rings is 1. The first-order chi connectivity index (χ1) is 7.59. The Balaban J connectivity index is 2.29. The quantitative estimate of drug-likeness (QED) is 0.806. The molecular formula is C11H13BrF2N2. The summed E-state index contributed by atoms with van der Waals surface area (Å²) in [5.41, 5.74) is 5.81. The maximum absolute atomic E-state index is 13.8. The van der Waals surface area contributed by atoms with E-state index in [9.17, 15) is 8.78 Å². The second-order valence-corrected chi connectivity index (χ2v) is 4.87. The molecular weight excluding hydrogens is 278 g/mol. The summed E-state index contributed by atoms with van der Waals surface area (Å²) in [7, 11) is 0. The highest BCUT2D eigenvalue weighted by Gasteiger charge is 2.23. The Hall–Kier alpha value is -0.680. The molecule has 0 unspecified atom stereocenters. The van der Waals surface area contributed by atoms with Crippen LogP contribution in [-0.2, 0) is 0 Å². The van der Waals surface area contributed by atoms with E-state index in [1.165, 1.54) is 12.1 Å². The molecule has 16 heavy (non-hydrogen) atoms. The van der Waals surface area contributed by atoms with Gasteiger partial charge in [0.1, 0.15) is 11.5 Å². The van der Waals surface area contributed by atoms with Gasteiger partial charge in [0.2, 0.25) is 0 Å². The molecule has 1 heterocycles. The first kappa shape index (κ1) is 11.8. The smallest absolute Gasteiger partial charge is 0.163 e. The zero-order valence-electron chi connectivity index (χ0n) is 8.72. The topological polar surface area (TPSA) is 29.3 Å². The van der Waals surface area contributed by atoms with E-state index in [0.29, 0.717) is 17.6 Å². The van der Waals surface area contributed by atoms with Crippen LogP contribution in [0.3, 0.4) is 0 Å². The predicted molar refractivity (Wildman–Crippen MR) is 63.5 cm³/mol. The molecule has 0 saturated carbocycles. The van der Waals surface area contributed by atoms with Crippen LogP contribution in [0.4, 0.5) is 14.5 Å². The van der Waals surface area contributed by atoms with E-state index in [4.69, 9.17) is 5.73 Å². The van der Waals surface area contributed by atoms with E-state index in [0.717, 1.165) is 12.8 Å². The molecule has 1 aromatic rings. The van der Waals surface area contributed by atoms with E-state index >= 15 is 0 Å². The summed E-state index contributed by atoms with van der Waals surface area (Å²) in [6, 6.07) is 2.80. The minimum Gasteiger partial charge on any atom is -0.367 e. The van der Waals surface area contributed by atoms with Crippen molar-refractivity contribution in [3.63, 3.8) is 0 Å². The van der Waals surface area contributed by atoms with Gasteiger partial charge in [0.25, 0.3) is 0 Å². The first-order valence-electron chi connectivity index (χ1n) is 5.23. The first-order valence-corrected chi connectivity index (χ1v) is 6.03. The molecule has 0 amide bonds. The minimum atomic E-state index is -0.532. The van der Waals surface area contributed by atoms with E-state index in [-0.39, 0.29) is 11.7 Å². The monoisotopic (exact) mass is 290 g/mol. The van der Waals surface area contributed by atoms with E-state index in [1.54, 1.807) is 4.90 Å². The van der Waals surface area contributed by atoms with Gasteiger partial charge in [-0.2, -0.15) is 0 Å². The molecule has 5 heteroatoms. The van der Waals surface area contributed by atoms with Crippen LogP contribution in [0.25, 0.3) is 0 Å². The van der Waals surface area contributed by atoms with Crippen molar-refractivity contribution in [1.29, 1.82) is 0 Å². The maximum Gasteiger partial charge on any atom is 0.163 e. The number of hydrogen-bond acceptors (Lipinski definition) is 2. The van der Waals surface area contributed by atoms with E-state index < -0.39 is 11.6 Å². The van der Waals surface area contributed by atoms with Gasteiger partial charge in [0, 0.05) is 19.1 Å². The highest BCUT2D eigenvalue weighted by Crippen LogP contribution is 2.30. The minimum absolute atomic E-state index is 0.0567. The fourth-order valence-corrected chi connectivity index (χ4v) is 2.25. The second-order valence-electron chi connectivity index (χ2n) is 4.02. The molecule has 0 bridgehead atoms. The predicted octanol–water partition coefficient (Wildman–Crippen LogP) is 2.65. The summed E-state index contributed by atoms with van der Waals surface area (Å²) in [5.74, 6) is -1.05. The van der Waals surface area contributed by atoms with Gasteiger partial charge < -0.3 is 10.6 Å². The molecule has 0 aromatic heterocycles. The van der Waals surface area contributed by atoms with Crippen LogP contribution in [-0.4, -0.2) is 19.1 Å². The number of halogens is 3. The van der Waals surface area contributed by atoms with Crippen LogP contribution in [0.15, 0.2) is 16.6 Å². The van der Waals surface area contributed by atoms with Crippen LogP contribution in [0.1, 0.15) is 12.8 Å². The number of hydrogen-bond donors (Lipinski definition) is 1. The Bertz CT molecular complexity index is 390. The van der Waals surface area contributed by atoms with Gasteiger partial charge in [-0.3, -0.25) is 0 Å². The van der Waals surface area contributed by atoms with Crippen molar-refractivity contribution in [3.8, 4) is 0 Å². The van der Waals surface area contributed by atoms with Crippen molar-refractivity contribution >= 4 is 21.6 Å². The van der Waals surface area contributed by atoms with Crippen molar-refractivity contribution < 1.29 is 8.78 Å². The fourth-order valence-electron chi connectivity index (χ4n) is 1.93. The highest BCUT2D eigenvalue weighted by molar-refractivity contribution is 9.10. The molecule has 1 aromatic carbocycles. The molecule has 0 radical (unpaired) electrons. The lowest BCUT2D eigenvalue weighted by atomic mass is 10.1. The van der Waals surface area contributed by atoms with Crippen molar-refractivity contribution in [2.45, 2.75) is 18.9 Å². The van der Waals surface area contributed by atoms with Gasteiger partial charge in [-0.1, -0.05) is 0 Å². The molecule has 1 fully saturated rings. The Morgan fingerprint density at radius 3 is 2.50 bits per heavy atom. The summed E-state index contributed by atoms with van der Waals surface area (Å²) in [4.78, 5) is 1.72. The van der Waals surface area contributed by atoms with Gasteiger partial charge >= 0.3 is 0 Å². The number of piperidine rings is 1. The third kappa shape index (κ3) is 2.20. The average Bonchev–Trinajstić information content (AvgIpc) is 2.27. The number of nitrogens with two attached hydrogens (primary N) is 1. The molecule has 2 rings (SSSR count). The Labute approximate surface area is 102 Å². The fraction of sp³-hybridized carbons (Fsp3) is 0.455. The zero-order chi connectivity index (χ0) is 11.7. The third-order valence-corrected chi connectivity index (χ3v) is 3.49. The zero-order valence-corrected chi connectivity index (χ0v) is 10.3. The summed E-state index contributed by atoms with van der Waals surface area (Å²) in [5, 5.41) is 0. The lowest BCUT2D eigenvalue weighted by Crippen LogP contribution is -2.40. The SMILES string of the molecule is NC1CCN(c2c(F)ccc(Br)c2F)CC1. The van der Waals surface area contributed by atoms with Gasteiger partial charge in [-0.15, -0.1) is 0 Å². The van der Waals surface area contributed by atoms with Gasteiger partial charge in [-0.25, -0.2) is 8.78 Å². The lowest BCUT2D eigenvalue weighted by molar-refractivity contribution is 0.482. The van der Waals surface area contributed by atoms with E-state index in [1.807, 2.05) is 0 Å². The number of nitrogens with zero attached hydrogens (tertiary/aromatic N) is 1. The van der Waals surface area contributed by atoms with Crippen molar-refractivity contribution in [2.75, 3.05) is 18.0 Å². The molecule has 1 saturated heterocycles. The largest absolute Gasteiger partial charge is 0.367 e. The van der Waals surface area contributed by atoms with Crippen LogP contribution >= 0.6 is 15.9 Å². The Kier molecular flexibility index (Phi) is 3.44.